The van der Waals surface area contributed by atoms with Crippen LogP contribution >= 0.6 is 11.8 Å². The smallest absolute Gasteiger partial charge is 0.0913 e. The number of H-pyrrole nitrogens is 1. The van der Waals surface area contributed by atoms with Crippen molar-refractivity contribution < 1.29 is 4.84 Å². The van der Waals surface area contributed by atoms with E-state index in [1.807, 2.05) is 5.06 Å². The Balaban J connectivity index is 2.08. The van der Waals surface area contributed by atoms with Gasteiger partial charge in [0.15, 0.2) is 0 Å². The molecule has 2 unspecified atom stereocenters. The molecule has 1 aromatic carbocycles. The Kier molecular flexibility index (Phi) is 4.03. The molecule has 0 spiro atoms. The lowest BCUT2D eigenvalue weighted by Gasteiger charge is -2.36. The highest BCUT2D eigenvalue weighted by Crippen LogP contribution is 2.36. The van der Waals surface area contributed by atoms with Crippen LogP contribution in [0.4, 0.5) is 0 Å². The molecule has 0 saturated carbocycles. The largest absolute Gasteiger partial charge is 0.357 e. The Morgan fingerprint density at radius 1 is 1.50 bits per heavy atom. The van der Waals surface area contributed by atoms with Crippen LogP contribution in [0, 0.1) is 0 Å². The van der Waals surface area contributed by atoms with E-state index in [-0.39, 0.29) is 12.1 Å². The summed E-state index contributed by atoms with van der Waals surface area (Å²) in [5.41, 5.74) is 10.2. The topological polar surface area (TPSA) is 54.3 Å². The maximum Gasteiger partial charge on any atom is 0.0913 e. The van der Waals surface area contributed by atoms with E-state index in [4.69, 9.17) is 10.6 Å². The second-order valence-corrected chi connectivity index (χ2v) is 6.11. The van der Waals surface area contributed by atoms with Crippen molar-refractivity contribution in [3.05, 3.63) is 35.5 Å². The van der Waals surface area contributed by atoms with Gasteiger partial charge in [0, 0.05) is 34.9 Å². The second-order valence-electron chi connectivity index (χ2n) is 5.20. The van der Waals surface area contributed by atoms with Gasteiger partial charge in [-0.05, 0) is 24.3 Å². The summed E-state index contributed by atoms with van der Waals surface area (Å²) in [4.78, 5) is 9.11. The number of hydrogen-bond donors (Lipinski definition) is 2. The van der Waals surface area contributed by atoms with Gasteiger partial charge in [-0.25, -0.2) is 0 Å². The number of para-hydroxylation sites is 1. The average molecular weight is 291 g/mol. The Labute approximate surface area is 123 Å². The van der Waals surface area contributed by atoms with Gasteiger partial charge in [-0.15, -0.1) is 0 Å². The first kappa shape index (κ1) is 13.9. The van der Waals surface area contributed by atoms with Crippen LogP contribution in [0.1, 0.15) is 17.3 Å². The van der Waals surface area contributed by atoms with Crippen LogP contribution in [0.3, 0.4) is 0 Å². The third kappa shape index (κ3) is 2.24. The molecule has 2 atom stereocenters. The maximum absolute atomic E-state index is 6.40. The standard InChI is InChI=1S/C15H21N3OS/c1-19-18-8-7-11-10-5-3-4-6-13(10)17-14(11)15(18)12(16)9-20-2/h3-6,12,15,17H,7-9,16H2,1-2H3. The van der Waals surface area contributed by atoms with Crippen molar-refractivity contribution in [3.8, 4) is 0 Å². The van der Waals surface area contributed by atoms with Crippen LogP contribution in [0.5, 0.6) is 0 Å². The normalized spacial score (nSPS) is 21.1. The maximum atomic E-state index is 6.40. The van der Waals surface area contributed by atoms with E-state index >= 15 is 0 Å². The highest BCUT2D eigenvalue weighted by molar-refractivity contribution is 7.98. The molecule has 2 heterocycles. The zero-order chi connectivity index (χ0) is 14.1. The molecule has 108 valence electrons. The molecule has 0 bridgehead atoms. The number of rotatable bonds is 4. The molecule has 20 heavy (non-hydrogen) atoms. The molecule has 0 amide bonds. The summed E-state index contributed by atoms with van der Waals surface area (Å²) < 4.78 is 0. The van der Waals surface area contributed by atoms with E-state index in [0.29, 0.717) is 0 Å². The third-order valence-corrected chi connectivity index (χ3v) is 4.75. The lowest BCUT2D eigenvalue weighted by molar-refractivity contribution is -0.172. The second kappa shape index (κ2) is 5.77. The van der Waals surface area contributed by atoms with E-state index in [1.54, 1.807) is 18.9 Å². The first-order valence-electron chi connectivity index (χ1n) is 6.91. The average Bonchev–Trinajstić information content (AvgIpc) is 2.84. The SMILES string of the molecule is CON1CCc2c([nH]c3ccccc23)C1C(N)CSC. The first-order chi connectivity index (χ1) is 9.76. The summed E-state index contributed by atoms with van der Waals surface area (Å²) in [5.74, 6) is 0.916. The molecule has 0 fully saturated rings. The minimum Gasteiger partial charge on any atom is -0.357 e. The number of thioether (sulfide) groups is 1. The molecule has 5 heteroatoms. The van der Waals surface area contributed by atoms with Gasteiger partial charge in [-0.2, -0.15) is 16.8 Å². The number of hydrogen-bond acceptors (Lipinski definition) is 4. The minimum absolute atomic E-state index is 0.0528. The van der Waals surface area contributed by atoms with Gasteiger partial charge in [0.1, 0.15) is 0 Å². The van der Waals surface area contributed by atoms with E-state index in [9.17, 15) is 0 Å². The van der Waals surface area contributed by atoms with Crippen molar-refractivity contribution in [2.45, 2.75) is 18.5 Å². The Morgan fingerprint density at radius 2 is 2.30 bits per heavy atom. The Hall–Kier alpha value is -1.01. The molecule has 0 saturated heterocycles. The molecule has 4 nitrogen and oxygen atoms in total. The van der Waals surface area contributed by atoms with Gasteiger partial charge in [0.25, 0.3) is 0 Å². The van der Waals surface area contributed by atoms with Crippen molar-refractivity contribution >= 4 is 22.7 Å². The molecular formula is C15H21N3OS. The fourth-order valence-electron chi connectivity index (χ4n) is 3.16. The third-order valence-electron chi connectivity index (χ3n) is 4.03. The summed E-state index contributed by atoms with van der Waals surface area (Å²) in [6, 6.07) is 8.62. The molecule has 3 rings (SSSR count). The first-order valence-corrected chi connectivity index (χ1v) is 8.30. The van der Waals surface area contributed by atoms with Crippen LogP contribution in [0.15, 0.2) is 24.3 Å². The number of nitrogens with zero attached hydrogens (tertiary/aromatic N) is 1. The Bertz CT molecular complexity index is 598. The van der Waals surface area contributed by atoms with Crippen LogP contribution in [-0.2, 0) is 11.3 Å². The molecule has 3 N–H and O–H groups in total. The Morgan fingerprint density at radius 3 is 3.05 bits per heavy atom. The molecule has 0 aliphatic carbocycles. The van der Waals surface area contributed by atoms with E-state index in [1.165, 1.54) is 22.2 Å². The van der Waals surface area contributed by atoms with Crippen LogP contribution in [-0.4, -0.2) is 41.8 Å². The fourth-order valence-corrected chi connectivity index (χ4v) is 3.73. The van der Waals surface area contributed by atoms with Gasteiger partial charge < -0.3 is 15.6 Å². The summed E-state index contributed by atoms with van der Waals surface area (Å²) in [6.07, 6.45) is 3.08. The molecule has 0 radical (unpaired) electrons. The zero-order valence-corrected chi connectivity index (χ0v) is 12.7. The monoisotopic (exact) mass is 291 g/mol. The lowest BCUT2D eigenvalue weighted by Crippen LogP contribution is -2.45. The highest BCUT2D eigenvalue weighted by atomic mass is 32.2. The number of benzene rings is 1. The van der Waals surface area contributed by atoms with Crippen molar-refractivity contribution in [1.82, 2.24) is 10.0 Å². The van der Waals surface area contributed by atoms with E-state index in [0.717, 1.165) is 18.7 Å². The van der Waals surface area contributed by atoms with Crippen molar-refractivity contribution in [2.24, 2.45) is 5.73 Å². The number of nitrogens with two attached hydrogens (primary N) is 1. The van der Waals surface area contributed by atoms with Crippen LogP contribution in [0.2, 0.25) is 0 Å². The lowest BCUT2D eigenvalue weighted by atomic mass is 9.95. The highest BCUT2D eigenvalue weighted by Gasteiger charge is 2.34. The fraction of sp³-hybridized carbons (Fsp3) is 0.467. The van der Waals surface area contributed by atoms with Gasteiger partial charge >= 0.3 is 0 Å². The molecular weight excluding hydrogens is 270 g/mol. The predicted molar refractivity (Wildman–Crippen MR) is 84.8 cm³/mol. The quantitative estimate of drug-likeness (QED) is 0.908. The number of hydroxylamine groups is 2. The summed E-state index contributed by atoms with van der Waals surface area (Å²) >= 11 is 1.78. The number of aromatic amines is 1. The van der Waals surface area contributed by atoms with Gasteiger partial charge in [0.05, 0.1) is 13.2 Å². The molecule has 1 aliphatic rings. The van der Waals surface area contributed by atoms with Crippen molar-refractivity contribution in [1.29, 1.82) is 0 Å². The van der Waals surface area contributed by atoms with Crippen molar-refractivity contribution in [2.75, 3.05) is 25.7 Å². The van der Waals surface area contributed by atoms with E-state index < -0.39 is 0 Å². The summed E-state index contributed by atoms with van der Waals surface area (Å²) in [5, 5.41) is 3.33. The predicted octanol–water partition coefficient (Wildman–Crippen LogP) is 2.32. The summed E-state index contributed by atoms with van der Waals surface area (Å²) in [7, 11) is 1.73. The number of fused-ring (bicyclic) bond motifs is 3. The van der Waals surface area contributed by atoms with Gasteiger partial charge in [-0.1, -0.05) is 18.2 Å². The number of aromatic nitrogens is 1. The van der Waals surface area contributed by atoms with Gasteiger partial charge in [-0.3, -0.25) is 0 Å². The minimum atomic E-state index is 0.0528. The molecule has 1 aromatic heterocycles. The van der Waals surface area contributed by atoms with Crippen LogP contribution < -0.4 is 5.73 Å². The van der Waals surface area contributed by atoms with Crippen molar-refractivity contribution in [3.63, 3.8) is 0 Å². The van der Waals surface area contributed by atoms with E-state index in [2.05, 4.69) is 35.5 Å². The number of nitrogens with one attached hydrogen (secondary N) is 1. The van der Waals surface area contributed by atoms with Crippen LogP contribution in [0.25, 0.3) is 10.9 Å². The molecule has 1 aliphatic heterocycles. The zero-order valence-electron chi connectivity index (χ0n) is 11.9. The van der Waals surface area contributed by atoms with Gasteiger partial charge in [0.2, 0.25) is 0 Å². The molecule has 2 aromatic rings. The summed E-state index contributed by atoms with van der Waals surface area (Å²) in [6.45, 7) is 0.887.